The molecule has 0 aromatic carbocycles. The molecule has 3 rings (SSSR count). The van der Waals surface area contributed by atoms with Crippen molar-refractivity contribution in [3.63, 3.8) is 0 Å². The Morgan fingerprint density at radius 1 is 0.800 bits per heavy atom. The summed E-state index contributed by atoms with van der Waals surface area (Å²) in [6.45, 7) is 13.8. The van der Waals surface area contributed by atoms with Gasteiger partial charge >= 0.3 is 0 Å². The fraction of sp³-hybridized carbons (Fsp3) is 1.00. The molecular formula is C15H34. The summed E-state index contributed by atoms with van der Waals surface area (Å²) in [4.78, 5) is 0. The molecule has 0 nitrogen and oxygen atoms in total. The Kier molecular flexibility index (Phi) is 6.86. The highest BCUT2D eigenvalue weighted by atomic mass is 14.6. The van der Waals surface area contributed by atoms with Crippen molar-refractivity contribution in [3.8, 4) is 0 Å². The minimum absolute atomic E-state index is 0. The third-order valence-corrected chi connectivity index (χ3v) is 4.54. The van der Waals surface area contributed by atoms with E-state index >= 15 is 0 Å². The van der Waals surface area contributed by atoms with E-state index in [4.69, 9.17) is 0 Å². The monoisotopic (exact) mass is 214 g/mol. The van der Waals surface area contributed by atoms with Gasteiger partial charge in [-0.25, -0.2) is 0 Å². The van der Waals surface area contributed by atoms with Crippen molar-refractivity contribution in [2.24, 2.45) is 29.1 Å². The van der Waals surface area contributed by atoms with Crippen LogP contribution in [0, 0.1) is 29.1 Å². The number of hydrogen-bond donors (Lipinski definition) is 0. The summed E-state index contributed by atoms with van der Waals surface area (Å²) in [5.41, 5.74) is 0.678. The summed E-state index contributed by atoms with van der Waals surface area (Å²) in [6, 6.07) is 0. The Hall–Kier alpha value is 0. The highest BCUT2D eigenvalue weighted by Crippen LogP contribution is 2.63. The van der Waals surface area contributed by atoms with Gasteiger partial charge in [0.05, 0.1) is 0 Å². The first kappa shape index (κ1) is 17.4. The minimum Gasteiger partial charge on any atom is -0.0776 e. The van der Waals surface area contributed by atoms with Crippen LogP contribution in [0.2, 0.25) is 0 Å². The van der Waals surface area contributed by atoms with Gasteiger partial charge in [0.2, 0.25) is 0 Å². The molecule has 0 spiro atoms. The fourth-order valence-corrected chi connectivity index (χ4v) is 3.84. The van der Waals surface area contributed by atoms with E-state index in [1.165, 1.54) is 12.8 Å². The summed E-state index contributed by atoms with van der Waals surface area (Å²) in [7, 11) is 0. The van der Waals surface area contributed by atoms with Gasteiger partial charge in [-0.1, -0.05) is 56.4 Å². The molecule has 0 heterocycles. The number of fused-ring (bicyclic) bond motifs is 2. The summed E-state index contributed by atoms with van der Waals surface area (Å²) in [6.07, 6.45) is 3.01. The summed E-state index contributed by atoms with van der Waals surface area (Å²) >= 11 is 0. The van der Waals surface area contributed by atoms with Crippen molar-refractivity contribution in [2.45, 2.75) is 69.2 Å². The molecule has 0 aliphatic heterocycles. The van der Waals surface area contributed by atoms with Crippen LogP contribution in [-0.2, 0) is 0 Å². The lowest BCUT2D eigenvalue weighted by atomic mass is 9.43. The van der Waals surface area contributed by atoms with E-state index in [0.29, 0.717) is 5.41 Å². The minimum atomic E-state index is 0. The maximum absolute atomic E-state index is 2.47. The molecule has 4 unspecified atom stereocenters. The Labute approximate surface area is 98.9 Å². The lowest BCUT2D eigenvalue weighted by molar-refractivity contribution is -0.131. The van der Waals surface area contributed by atoms with Crippen LogP contribution < -0.4 is 0 Å². The molecule has 3 fully saturated rings. The Balaban J connectivity index is 0. The second kappa shape index (κ2) is 5.92. The van der Waals surface area contributed by atoms with Crippen molar-refractivity contribution in [1.29, 1.82) is 0 Å². The van der Waals surface area contributed by atoms with Gasteiger partial charge in [0.1, 0.15) is 0 Å². The molecule has 15 heavy (non-hydrogen) atoms. The molecular weight excluding hydrogens is 180 g/mol. The lowest BCUT2D eigenvalue weighted by Crippen LogP contribution is -2.55. The van der Waals surface area contributed by atoms with Crippen molar-refractivity contribution in [2.75, 3.05) is 0 Å². The van der Waals surface area contributed by atoms with E-state index in [-0.39, 0.29) is 14.9 Å². The topological polar surface area (TPSA) is 0 Å². The first-order chi connectivity index (χ1) is 6.03. The Morgan fingerprint density at radius 3 is 1.33 bits per heavy atom. The Morgan fingerprint density at radius 2 is 1.13 bits per heavy atom. The van der Waals surface area contributed by atoms with Crippen molar-refractivity contribution >= 4 is 0 Å². The van der Waals surface area contributed by atoms with Gasteiger partial charge in [-0.15, -0.1) is 0 Å². The van der Waals surface area contributed by atoms with E-state index in [9.17, 15) is 0 Å². The SMILES string of the molecule is C.C.CC.CC1CC(C)C2CC1C2(C)C. The zero-order valence-corrected chi connectivity index (χ0v) is 10.2. The van der Waals surface area contributed by atoms with Gasteiger partial charge in [0.15, 0.2) is 0 Å². The van der Waals surface area contributed by atoms with Gasteiger partial charge < -0.3 is 0 Å². The Bertz CT molecular complexity index is 153. The maximum Gasteiger partial charge on any atom is -0.0292 e. The predicted molar refractivity (Wildman–Crippen MR) is 73.1 cm³/mol. The molecule has 0 saturated heterocycles. The van der Waals surface area contributed by atoms with Gasteiger partial charge in [-0.3, -0.25) is 0 Å². The smallest absolute Gasteiger partial charge is 0.0292 e. The highest BCUT2D eigenvalue weighted by molar-refractivity contribution is 5.04. The van der Waals surface area contributed by atoms with E-state index in [1.807, 2.05) is 13.8 Å². The summed E-state index contributed by atoms with van der Waals surface area (Å²) in [5.74, 6) is 4.07. The highest BCUT2D eigenvalue weighted by Gasteiger charge is 2.55. The van der Waals surface area contributed by atoms with E-state index < -0.39 is 0 Å². The standard InChI is InChI=1S/C11H20.C2H6.2CH4/c1-7-5-8(2)10-6-9(7)11(10,3)4;1-2;;/h7-10H,5-6H2,1-4H3;1-2H3;2*1H4. The fourth-order valence-electron chi connectivity index (χ4n) is 3.84. The third kappa shape index (κ3) is 2.57. The van der Waals surface area contributed by atoms with Crippen LogP contribution in [0.3, 0.4) is 0 Å². The quantitative estimate of drug-likeness (QED) is 0.491. The molecule has 0 radical (unpaired) electrons. The summed E-state index contributed by atoms with van der Waals surface area (Å²) < 4.78 is 0. The molecule has 3 aliphatic carbocycles. The first-order valence-corrected chi connectivity index (χ1v) is 6.03. The van der Waals surface area contributed by atoms with Crippen molar-refractivity contribution in [3.05, 3.63) is 0 Å². The third-order valence-electron chi connectivity index (χ3n) is 4.54. The molecule has 2 bridgehead atoms. The van der Waals surface area contributed by atoms with Gasteiger partial charge in [-0.2, -0.15) is 0 Å². The molecule has 94 valence electrons. The van der Waals surface area contributed by atoms with Crippen LogP contribution in [0.5, 0.6) is 0 Å². The first-order valence-electron chi connectivity index (χ1n) is 6.03. The second-order valence-electron chi connectivity index (χ2n) is 5.46. The summed E-state index contributed by atoms with van der Waals surface area (Å²) in [5, 5.41) is 0. The molecule has 0 N–H and O–H groups in total. The van der Waals surface area contributed by atoms with Gasteiger partial charge in [-0.05, 0) is 41.9 Å². The molecule has 0 amide bonds. The molecule has 0 aromatic rings. The van der Waals surface area contributed by atoms with Crippen molar-refractivity contribution in [1.82, 2.24) is 0 Å². The molecule has 3 aliphatic rings. The van der Waals surface area contributed by atoms with Crippen LogP contribution in [0.15, 0.2) is 0 Å². The number of rotatable bonds is 0. The molecule has 3 saturated carbocycles. The number of hydrogen-bond acceptors (Lipinski definition) is 0. The van der Waals surface area contributed by atoms with Crippen LogP contribution in [0.25, 0.3) is 0 Å². The van der Waals surface area contributed by atoms with Crippen molar-refractivity contribution < 1.29 is 0 Å². The second-order valence-corrected chi connectivity index (χ2v) is 5.46. The average molecular weight is 214 g/mol. The normalized spacial score (nSPS) is 39.6. The van der Waals surface area contributed by atoms with Crippen LogP contribution in [0.4, 0.5) is 0 Å². The van der Waals surface area contributed by atoms with E-state index in [2.05, 4.69) is 27.7 Å². The predicted octanol–water partition coefficient (Wildman–Crippen LogP) is 5.62. The molecule has 0 heteroatoms. The zero-order valence-electron chi connectivity index (χ0n) is 10.2. The van der Waals surface area contributed by atoms with Gasteiger partial charge in [0.25, 0.3) is 0 Å². The largest absolute Gasteiger partial charge is 0.0776 e. The van der Waals surface area contributed by atoms with Gasteiger partial charge in [0, 0.05) is 0 Å². The van der Waals surface area contributed by atoms with E-state index in [1.54, 1.807) is 0 Å². The molecule has 0 aromatic heterocycles. The van der Waals surface area contributed by atoms with E-state index in [0.717, 1.165) is 23.7 Å². The zero-order chi connectivity index (χ0) is 10.2. The van der Waals surface area contributed by atoms with Crippen LogP contribution in [-0.4, -0.2) is 0 Å². The van der Waals surface area contributed by atoms with Crippen LogP contribution >= 0.6 is 0 Å². The van der Waals surface area contributed by atoms with Crippen LogP contribution in [0.1, 0.15) is 69.2 Å². The molecule has 4 atom stereocenters. The average Bonchev–Trinajstić information content (AvgIpc) is 2.05. The lowest BCUT2D eigenvalue weighted by Gasteiger charge is -2.62. The maximum atomic E-state index is 2.47.